The van der Waals surface area contributed by atoms with E-state index in [9.17, 15) is 21.6 Å². The molecule has 30 heavy (non-hydrogen) atoms. The third-order valence-electron chi connectivity index (χ3n) is 5.66. The maximum absolute atomic E-state index is 13.3. The van der Waals surface area contributed by atoms with Crippen LogP contribution in [0.3, 0.4) is 0 Å². The monoisotopic (exact) mass is 434 g/mol. The molecule has 0 N–H and O–H groups in total. The van der Waals surface area contributed by atoms with Crippen LogP contribution < -0.4 is 0 Å². The summed E-state index contributed by atoms with van der Waals surface area (Å²) in [6, 6.07) is 17.8. The van der Waals surface area contributed by atoms with Crippen LogP contribution in [-0.4, -0.2) is 14.5 Å². The maximum Gasteiger partial charge on any atom is 0.416 e. The first kappa shape index (κ1) is 20.9. The van der Waals surface area contributed by atoms with Gasteiger partial charge in [-0.05, 0) is 54.7 Å². The Morgan fingerprint density at radius 1 is 0.800 bits per heavy atom. The minimum absolute atomic E-state index is 0.116. The molecule has 158 valence electrons. The van der Waals surface area contributed by atoms with Crippen LogP contribution in [0.1, 0.15) is 42.7 Å². The van der Waals surface area contributed by atoms with Crippen molar-refractivity contribution in [3.8, 4) is 0 Å². The smallest absolute Gasteiger partial charge is 0.263 e. The summed E-state index contributed by atoms with van der Waals surface area (Å²) in [6.45, 7) is 0. The molecular formula is C23H21F3O3S. The van der Waals surface area contributed by atoms with E-state index in [1.165, 1.54) is 18.2 Å². The second kappa shape index (κ2) is 8.04. The first-order chi connectivity index (χ1) is 14.3. The first-order valence-corrected chi connectivity index (χ1v) is 11.2. The van der Waals surface area contributed by atoms with Crippen molar-refractivity contribution in [1.82, 2.24) is 0 Å². The highest BCUT2D eigenvalue weighted by Crippen LogP contribution is 2.41. The van der Waals surface area contributed by atoms with Crippen molar-refractivity contribution in [3.63, 3.8) is 0 Å². The van der Waals surface area contributed by atoms with Crippen molar-refractivity contribution in [2.24, 2.45) is 0 Å². The molecule has 4 rings (SSSR count). The van der Waals surface area contributed by atoms with Crippen LogP contribution in [0.5, 0.6) is 0 Å². The van der Waals surface area contributed by atoms with E-state index in [1.54, 1.807) is 24.3 Å². The highest BCUT2D eigenvalue weighted by atomic mass is 32.2. The third-order valence-corrected chi connectivity index (χ3v) is 7.08. The average Bonchev–Trinajstić information content (AvgIpc) is 2.73. The van der Waals surface area contributed by atoms with Gasteiger partial charge in [0.05, 0.1) is 11.7 Å². The van der Waals surface area contributed by atoms with Gasteiger partial charge in [0.15, 0.2) is 0 Å². The SMILES string of the molecule is O=S(=O)(OC1CCC(c2ccccc2C(F)(F)F)CC1)c1cccc2ccccc12. The van der Waals surface area contributed by atoms with Crippen LogP contribution in [0.4, 0.5) is 13.2 Å². The lowest BCUT2D eigenvalue weighted by molar-refractivity contribution is -0.138. The van der Waals surface area contributed by atoms with Crippen molar-refractivity contribution in [2.75, 3.05) is 0 Å². The van der Waals surface area contributed by atoms with Gasteiger partial charge in [0.1, 0.15) is 4.90 Å². The lowest BCUT2D eigenvalue weighted by Gasteiger charge is -2.30. The molecule has 0 atom stereocenters. The van der Waals surface area contributed by atoms with E-state index in [1.807, 2.05) is 18.2 Å². The summed E-state index contributed by atoms with van der Waals surface area (Å²) >= 11 is 0. The Balaban J connectivity index is 1.49. The molecule has 7 heteroatoms. The summed E-state index contributed by atoms with van der Waals surface area (Å²) in [5.74, 6) is -0.261. The second-order valence-corrected chi connectivity index (χ2v) is 9.13. The normalized spacial score (nSPS) is 20.4. The number of halogens is 3. The van der Waals surface area contributed by atoms with Crippen molar-refractivity contribution >= 4 is 20.9 Å². The minimum Gasteiger partial charge on any atom is -0.263 e. The second-order valence-electron chi connectivity index (χ2n) is 7.59. The number of rotatable bonds is 4. The molecule has 0 radical (unpaired) electrons. The van der Waals surface area contributed by atoms with Crippen molar-refractivity contribution in [3.05, 3.63) is 77.9 Å². The fraction of sp³-hybridized carbons (Fsp3) is 0.304. The van der Waals surface area contributed by atoms with E-state index in [4.69, 9.17) is 4.18 Å². The molecule has 1 aliphatic rings. The lowest BCUT2D eigenvalue weighted by Crippen LogP contribution is -2.25. The number of benzene rings is 3. The molecule has 0 aliphatic heterocycles. The van der Waals surface area contributed by atoms with Gasteiger partial charge in [-0.15, -0.1) is 0 Å². The van der Waals surface area contributed by atoms with Crippen molar-refractivity contribution in [2.45, 2.75) is 48.8 Å². The highest BCUT2D eigenvalue weighted by Gasteiger charge is 2.36. The third kappa shape index (κ3) is 4.23. The Labute approximate surface area is 173 Å². The van der Waals surface area contributed by atoms with E-state index in [2.05, 4.69) is 0 Å². The van der Waals surface area contributed by atoms with Gasteiger partial charge < -0.3 is 0 Å². The van der Waals surface area contributed by atoms with E-state index in [-0.39, 0.29) is 16.4 Å². The van der Waals surface area contributed by atoms with Gasteiger partial charge in [-0.3, -0.25) is 4.18 Å². The molecule has 0 bridgehead atoms. The summed E-state index contributed by atoms with van der Waals surface area (Å²) in [5, 5.41) is 1.39. The maximum atomic E-state index is 13.3. The zero-order valence-electron chi connectivity index (χ0n) is 16.1. The molecule has 3 aromatic carbocycles. The average molecular weight is 434 g/mol. The Bertz CT molecular complexity index is 1140. The molecule has 3 aromatic rings. The zero-order chi connectivity index (χ0) is 21.4. The number of hydrogen-bond donors (Lipinski definition) is 0. The van der Waals surface area contributed by atoms with E-state index in [0.29, 0.717) is 31.1 Å². The Hall–Kier alpha value is -2.38. The summed E-state index contributed by atoms with van der Waals surface area (Å²) in [7, 11) is -3.98. The molecule has 0 aromatic heterocycles. The Morgan fingerprint density at radius 3 is 2.17 bits per heavy atom. The summed E-state index contributed by atoms with van der Waals surface area (Å²) in [6.07, 6.45) is -3.27. The van der Waals surface area contributed by atoms with E-state index < -0.39 is 28.0 Å². The number of hydrogen-bond acceptors (Lipinski definition) is 3. The standard InChI is InChI=1S/C23H21F3O3S/c24-23(25,26)21-10-4-3-8-19(21)17-12-14-18(15-13-17)29-30(27,28)22-11-5-7-16-6-1-2-9-20(16)22/h1-11,17-18H,12-15H2. The molecule has 0 amide bonds. The van der Waals surface area contributed by atoms with E-state index in [0.717, 1.165) is 11.5 Å². The number of alkyl halides is 3. The van der Waals surface area contributed by atoms with Gasteiger partial charge in [0.2, 0.25) is 0 Å². The molecule has 0 heterocycles. The minimum atomic E-state index is -4.40. The van der Waals surface area contributed by atoms with Gasteiger partial charge in [0.25, 0.3) is 10.1 Å². The van der Waals surface area contributed by atoms with Gasteiger partial charge in [-0.2, -0.15) is 21.6 Å². The lowest BCUT2D eigenvalue weighted by atomic mass is 9.81. The van der Waals surface area contributed by atoms with Gasteiger partial charge in [-0.1, -0.05) is 54.6 Å². The molecule has 1 fully saturated rings. The molecule has 0 unspecified atom stereocenters. The van der Waals surface area contributed by atoms with Gasteiger partial charge >= 0.3 is 6.18 Å². The van der Waals surface area contributed by atoms with E-state index >= 15 is 0 Å². The van der Waals surface area contributed by atoms with Crippen LogP contribution in [-0.2, 0) is 20.5 Å². The first-order valence-electron chi connectivity index (χ1n) is 9.83. The topological polar surface area (TPSA) is 43.4 Å². The van der Waals surface area contributed by atoms with Gasteiger partial charge in [-0.25, -0.2) is 0 Å². The Morgan fingerprint density at radius 2 is 1.43 bits per heavy atom. The van der Waals surface area contributed by atoms with Crippen molar-refractivity contribution < 1.29 is 25.8 Å². The van der Waals surface area contributed by atoms with Crippen LogP contribution in [0.15, 0.2) is 71.6 Å². The molecule has 1 saturated carbocycles. The molecule has 1 aliphatic carbocycles. The molecule has 0 saturated heterocycles. The summed E-state index contributed by atoms with van der Waals surface area (Å²) in [5.41, 5.74) is -0.335. The summed E-state index contributed by atoms with van der Waals surface area (Å²) in [4.78, 5) is 0.116. The summed E-state index contributed by atoms with van der Waals surface area (Å²) < 4.78 is 71.2. The predicted octanol–water partition coefficient (Wildman–Crippen LogP) is 6.29. The van der Waals surface area contributed by atoms with Crippen LogP contribution >= 0.6 is 0 Å². The highest BCUT2D eigenvalue weighted by molar-refractivity contribution is 7.87. The Kier molecular flexibility index (Phi) is 5.59. The quantitative estimate of drug-likeness (QED) is 0.453. The molecular weight excluding hydrogens is 413 g/mol. The van der Waals surface area contributed by atoms with Gasteiger partial charge in [0, 0.05) is 5.39 Å². The largest absolute Gasteiger partial charge is 0.416 e. The molecule has 0 spiro atoms. The predicted molar refractivity (Wildman–Crippen MR) is 109 cm³/mol. The number of fused-ring (bicyclic) bond motifs is 1. The van der Waals surface area contributed by atoms with Crippen molar-refractivity contribution in [1.29, 1.82) is 0 Å². The van der Waals surface area contributed by atoms with Crippen LogP contribution in [0, 0.1) is 0 Å². The zero-order valence-corrected chi connectivity index (χ0v) is 16.9. The van der Waals surface area contributed by atoms with Crippen LogP contribution in [0.2, 0.25) is 0 Å². The van der Waals surface area contributed by atoms with Crippen LogP contribution in [0.25, 0.3) is 10.8 Å². The fourth-order valence-corrected chi connectivity index (χ4v) is 5.58. The molecule has 3 nitrogen and oxygen atoms in total. The fourth-order valence-electron chi connectivity index (χ4n) is 4.23.